The van der Waals surface area contributed by atoms with Crippen molar-refractivity contribution in [2.45, 2.75) is 136 Å². The Morgan fingerprint density at radius 2 is 1.63 bits per heavy atom. The van der Waals surface area contributed by atoms with Crippen LogP contribution in [-0.4, -0.2) is 35.2 Å². The molecular weight excluding hydrogens is 495 g/mol. The van der Waals surface area contributed by atoms with Crippen molar-refractivity contribution < 1.29 is 19.0 Å². The van der Waals surface area contributed by atoms with Crippen molar-refractivity contribution in [3.05, 3.63) is 35.9 Å². The predicted octanol–water partition coefficient (Wildman–Crippen LogP) is 6.87. The highest BCUT2D eigenvalue weighted by Gasteiger charge is 2.46. The van der Waals surface area contributed by atoms with Crippen LogP contribution in [0.15, 0.2) is 30.3 Å². The molecule has 0 bridgehead atoms. The van der Waals surface area contributed by atoms with E-state index < -0.39 is 5.54 Å². The number of hydrogen-bond acceptors (Lipinski definition) is 6. The Kier molecular flexibility index (Phi) is 20.8. The fourth-order valence-electron chi connectivity index (χ4n) is 3.49. The van der Waals surface area contributed by atoms with Crippen LogP contribution in [-0.2, 0) is 25.6 Å². The summed E-state index contributed by atoms with van der Waals surface area (Å²) in [5.74, 6) is -0.435. The standard InChI is InChI=1S/C22H35BNO3S.C4H10.C2H5NO.C2H6/c1-20(2,21(3,4)28)27-23-15-9-13-18-12-8-14-22(18,24)19(25)26-16-17-10-6-5-7-11-17;1-3-4-2;1-2(3)4;1-2/h5-7,10-11,18,28H,8-9,12-16,24H2,1-4H3;3-4H2,1-2H3;1H3,(H2,3,4);1-2H3. The Hall–Kier alpha value is -1.51. The van der Waals surface area contributed by atoms with Gasteiger partial charge >= 0.3 is 5.97 Å². The molecule has 1 amide bonds. The van der Waals surface area contributed by atoms with Gasteiger partial charge < -0.3 is 20.9 Å². The van der Waals surface area contributed by atoms with Crippen molar-refractivity contribution in [2.75, 3.05) is 0 Å². The van der Waals surface area contributed by atoms with E-state index in [0.717, 1.165) is 37.6 Å². The van der Waals surface area contributed by atoms with Crippen LogP contribution in [0, 0.1) is 5.92 Å². The minimum atomic E-state index is -0.859. The average Bonchev–Trinajstić information content (AvgIpc) is 3.24. The number of hydrogen-bond donors (Lipinski definition) is 3. The van der Waals surface area contributed by atoms with E-state index in [1.54, 1.807) is 0 Å². The Balaban J connectivity index is 0. The lowest BCUT2D eigenvalue weighted by Gasteiger charge is -2.38. The van der Waals surface area contributed by atoms with Crippen LogP contribution >= 0.6 is 12.6 Å². The van der Waals surface area contributed by atoms with Crippen molar-refractivity contribution in [1.82, 2.24) is 0 Å². The number of amides is 1. The lowest BCUT2D eigenvalue weighted by molar-refractivity contribution is -0.153. The maximum Gasteiger partial charge on any atom is 0.326 e. The van der Waals surface area contributed by atoms with Gasteiger partial charge in [-0.1, -0.05) is 90.0 Å². The summed E-state index contributed by atoms with van der Waals surface area (Å²) >= 11 is 4.61. The summed E-state index contributed by atoms with van der Waals surface area (Å²) in [7, 11) is 1.87. The van der Waals surface area contributed by atoms with Crippen LogP contribution in [0.5, 0.6) is 0 Å². The first-order chi connectivity index (χ1) is 17.7. The topological polar surface area (TPSA) is 105 Å². The van der Waals surface area contributed by atoms with E-state index in [9.17, 15) is 9.59 Å². The fourth-order valence-corrected chi connectivity index (χ4v) is 3.54. The maximum atomic E-state index is 12.7. The molecule has 0 aliphatic heterocycles. The van der Waals surface area contributed by atoms with Crippen molar-refractivity contribution >= 4 is 32.0 Å². The molecule has 1 aliphatic rings. The number of benzene rings is 1. The number of rotatable bonds is 11. The Morgan fingerprint density at radius 1 is 1.11 bits per heavy atom. The molecule has 2 atom stereocenters. The Labute approximate surface area is 240 Å². The van der Waals surface area contributed by atoms with E-state index in [2.05, 4.69) is 32.2 Å². The first kappa shape index (κ1) is 38.6. The van der Waals surface area contributed by atoms with Crippen LogP contribution < -0.4 is 11.5 Å². The van der Waals surface area contributed by atoms with Crippen molar-refractivity contribution in [2.24, 2.45) is 17.4 Å². The molecule has 0 aromatic heterocycles. The molecule has 2 rings (SSSR count). The highest BCUT2D eigenvalue weighted by atomic mass is 32.1. The summed E-state index contributed by atoms with van der Waals surface area (Å²) in [5, 5.41) is 0. The molecule has 219 valence electrons. The number of carbonyl (C=O) groups is 2. The lowest BCUT2D eigenvalue weighted by atomic mass is 9.80. The molecule has 2 unspecified atom stereocenters. The highest BCUT2D eigenvalue weighted by Crippen LogP contribution is 2.38. The molecule has 0 spiro atoms. The Bertz CT molecular complexity index is 750. The molecule has 1 aromatic carbocycles. The quantitative estimate of drug-likeness (QED) is 0.120. The molecule has 1 aromatic rings. The zero-order valence-corrected chi connectivity index (χ0v) is 26.5. The minimum Gasteiger partial charge on any atom is -0.459 e. The van der Waals surface area contributed by atoms with E-state index in [1.807, 2.05) is 79.4 Å². The monoisotopic (exact) mass is 551 g/mol. The zero-order chi connectivity index (χ0) is 29.8. The molecule has 1 fully saturated rings. The third kappa shape index (κ3) is 15.8. The zero-order valence-electron chi connectivity index (χ0n) is 25.6. The van der Waals surface area contributed by atoms with Gasteiger partial charge in [-0.15, -0.1) is 0 Å². The van der Waals surface area contributed by atoms with E-state index in [-0.39, 0.29) is 34.7 Å². The number of carbonyl (C=O) groups excluding carboxylic acids is 2. The van der Waals surface area contributed by atoms with Gasteiger partial charge in [0.25, 0.3) is 7.48 Å². The van der Waals surface area contributed by atoms with Gasteiger partial charge in [0, 0.05) is 11.7 Å². The second-order valence-electron chi connectivity index (χ2n) is 10.6. The summed E-state index contributed by atoms with van der Waals surface area (Å²) in [6, 6.07) is 9.73. The first-order valence-corrected chi connectivity index (χ1v) is 14.6. The van der Waals surface area contributed by atoms with Gasteiger partial charge in [-0.3, -0.25) is 9.59 Å². The van der Waals surface area contributed by atoms with Gasteiger partial charge in [-0.05, 0) is 58.4 Å². The summed E-state index contributed by atoms with van der Waals surface area (Å²) in [6.45, 7) is 18.1. The van der Waals surface area contributed by atoms with Crippen LogP contribution in [0.2, 0.25) is 6.32 Å². The number of unbranched alkanes of at least 4 members (excludes halogenated alkanes) is 1. The first-order valence-electron chi connectivity index (χ1n) is 14.2. The molecule has 0 saturated heterocycles. The number of ether oxygens (including phenoxy) is 1. The molecule has 1 aliphatic carbocycles. The van der Waals surface area contributed by atoms with Gasteiger partial charge in [0.1, 0.15) is 12.1 Å². The lowest BCUT2D eigenvalue weighted by Crippen LogP contribution is -2.52. The highest BCUT2D eigenvalue weighted by molar-refractivity contribution is 7.81. The average molecular weight is 552 g/mol. The van der Waals surface area contributed by atoms with Crippen LogP contribution in [0.25, 0.3) is 0 Å². The number of esters is 1. The van der Waals surface area contributed by atoms with Crippen LogP contribution in [0.1, 0.15) is 113 Å². The number of nitrogens with two attached hydrogens (primary N) is 2. The van der Waals surface area contributed by atoms with Crippen molar-refractivity contribution in [3.8, 4) is 0 Å². The second-order valence-corrected chi connectivity index (χ2v) is 11.7. The van der Waals surface area contributed by atoms with Gasteiger partial charge in [0.2, 0.25) is 5.91 Å². The Morgan fingerprint density at radius 3 is 2.11 bits per heavy atom. The second kappa shape index (κ2) is 20.4. The predicted molar refractivity (Wildman–Crippen MR) is 165 cm³/mol. The summed E-state index contributed by atoms with van der Waals surface area (Å²) < 4.78 is 11.2. The SMILES string of the molecule is CC.CC(C)(S)C(C)(C)O[B]CCCC1CCCC1(N)C(=O)OCc1ccccc1.CC(N)=O.CCCC. The summed E-state index contributed by atoms with van der Waals surface area (Å²) in [5.41, 5.74) is 10.8. The molecule has 1 saturated carbocycles. The molecule has 38 heavy (non-hydrogen) atoms. The van der Waals surface area contributed by atoms with Crippen molar-refractivity contribution in [3.63, 3.8) is 0 Å². The maximum absolute atomic E-state index is 12.7. The summed E-state index contributed by atoms with van der Waals surface area (Å²) in [4.78, 5) is 21.9. The third-order valence-electron chi connectivity index (χ3n) is 6.69. The fraction of sp³-hybridized carbons (Fsp3) is 0.733. The van der Waals surface area contributed by atoms with Crippen LogP contribution in [0.3, 0.4) is 0 Å². The number of thiol groups is 1. The van der Waals surface area contributed by atoms with E-state index >= 15 is 0 Å². The molecule has 6 nitrogen and oxygen atoms in total. The smallest absolute Gasteiger partial charge is 0.326 e. The number of primary amides is 1. The van der Waals surface area contributed by atoms with Gasteiger partial charge in [-0.25, -0.2) is 0 Å². The third-order valence-corrected chi connectivity index (χ3v) is 7.23. The van der Waals surface area contributed by atoms with Crippen LogP contribution in [0.4, 0.5) is 0 Å². The summed E-state index contributed by atoms with van der Waals surface area (Å²) in [6.07, 6.45) is 7.97. The van der Waals surface area contributed by atoms with Gasteiger partial charge in [-0.2, -0.15) is 12.6 Å². The molecule has 4 N–H and O–H groups in total. The van der Waals surface area contributed by atoms with E-state index in [4.69, 9.17) is 15.1 Å². The normalized spacial score (nSPS) is 18.4. The van der Waals surface area contributed by atoms with Crippen molar-refractivity contribution in [1.29, 1.82) is 0 Å². The molecule has 1 radical (unpaired) electrons. The van der Waals surface area contributed by atoms with E-state index in [0.29, 0.717) is 6.42 Å². The van der Waals surface area contributed by atoms with E-state index in [1.165, 1.54) is 19.8 Å². The van der Waals surface area contributed by atoms with Gasteiger partial charge in [0.05, 0.1) is 5.60 Å². The minimum absolute atomic E-state index is 0.165. The molecule has 0 heterocycles. The molecule has 8 heteroatoms. The van der Waals surface area contributed by atoms with Gasteiger partial charge in [0.15, 0.2) is 0 Å². The molecular formula is C30H56BN2O4S. The largest absolute Gasteiger partial charge is 0.459 e.